The molecule has 0 spiro atoms. The number of anilines is 2. The summed E-state index contributed by atoms with van der Waals surface area (Å²) in [5, 5.41) is 4.25. The lowest BCUT2D eigenvalue weighted by Crippen LogP contribution is -2.24. The summed E-state index contributed by atoms with van der Waals surface area (Å²) in [5.74, 6) is 0.927. The third-order valence-electron chi connectivity index (χ3n) is 3.40. The molecule has 2 heterocycles. The number of hydrogen-bond acceptors (Lipinski definition) is 4. The van der Waals surface area contributed by atoms with Crippen LogP contribution in [-0.2, 0) is 6.54 Å². The Hall–Kier alpha value is -2.56. The predicted molar refractivity (Wildman–Crippen MR) is 80.6 cm³/mol. The third-order valence-corrected chi connectivity index (χ3v) is 3.40. The lowest BCUT2D eigenvalue weighted by Gasteiger charge is -2.23. The van der Waals surface area contributed by atoms with Crippen molar-refractivity contribution in [3.8, 4) is 0 Å². The molecule has 5 nitrogen and oxygen atoms in total. The summed E-state index contributed by atoms with van der Waals surface area (Å²) in [7, 11) is 0. The molecular formula is C15H17N5. The fourth-order valence-corrected chi connectivity index (χ4v) is 2.31. The maximum Gasteiger partial charge on any atom is 0.154 e. The lowest BCUT2D eigenvalue weighted by molar-refractivity contribution is 0.809. The Morgan fingerprint density at radius 1 is 1.20 bits per heavy atom. The van der Waals surface area contributed by atoms with Gasteiger partial charge in [0.25, 0.3) is 0 Å². The highest BCUT2D eigenvalue weighted by Crippen LogP contribution is 2.22. The minimum absolute atomic E-state index is 0.737. The maximum atomic E-state index is 6.03. The molecule has 5 heteroatoms. The van der Waals surface area contributed by atoms with Crippen LogP contribution in [0, 0.1) is 0 Å². The van der Waals surface area contributed by atoms with E-state index in [0.717, 1.165) is 35.7 Å². The molecule has 0 aliphatic carbocycles. The van der Waals surface area contributed by atoms with Crippen LogP contribution >= 0.6 is 0 Å². The van der Waals surface area contributed by atoms with Gasteiger partial charge in [0.05, 0.1) is 6.20 Å². The van der Waals surface area contributed by atoms with Gasteiger partial charge in [0.1, 0.15) is 5.52 Å². The molecule has 3 aromatic rings. The maximum absolute atomic E-state index is 6.03. The number of para-hydroxylation sites is 1. The van der Waals surface area contributed by atoms with Gasteiger partial charge in [-0.2, -0.15) is 5.10 Å². The zero-order chi connectivity index (χ0) is 13.9. The van der Waals surface area contributed by atoms with E-state index in [9.17, 15) is 0 Å². The summed E-state index contributed by atoms with van der Waals surface area (Å²) in [6.07, 6.45) is 5.40. The second-order valence-corrected chi connectivity index (χ2v) is 4.62. The first kappa shape index (κ1) is 12.5. The van der Waals surface area contributed by atoms with E-state index < -0.39 is 0 Å². The van der Waals surface area contributed by atoms with Crippen LogP contribution in [0.3, 0.4) is 0 Å². The van der Waals surface area contributed by atoms with E-state index in [1.165, 1.54) is 0 Å². The summed E-state index contributed by atoms with van der Waals surface area (Å²) < 4.78 is 1.83. The van der Waals surface area contributed by atoms with Crippen molar-refractivity contribution in [2.45, 2.75) is 13.5 Å². The molecule has 0 unspecified atom stereocenters. The number of aromatic nitrogens is 3. The van der Waals surface area contributed by atoms with Crippen molar-refractivity contribution in [3.05, 3.63) is 54.5 Å². The molecule has 20 heavy (non-hydrogen) atoms. The van der Waals surface area contributed by atoms with Crippen molar-refractivity contribution in [2.75, 3.05) is 17.2 Å². The fourth-order valence-electron chi connectivity index (χ4n) is 2.31. The molecule has 0 radical (unpaired) electrons. The van der Waals surface area contributed by atoms with Gasteiger partial charge in [-0.05, 0) is 24.6 Å². The first-order chi connectivity index (χ1) is 9.79. The highest BCUT2D eigenvalue weighted by molar-refractivity contribution is 5.68. The third kappa shape index (κ3) is 2.18. The van der Waals surface area contributed by atoms with E-state index in [2.05, 4.69) is 28.0 Å². The van der Waals surface area contributed by atoms with Crippen LogP contribution in [0.5, 0.6) is 0 Å². The van der Waals surface area contributed by atoms with E-state index in [1.54, 1.807) is 12.4 Å². The van der Waals surface area contributed by atoms with E-state index in [4.69, 9.17) is 5.73 Å². The average molecular weight is 267 g/mol. The van der Waals surface area contributed by atoms with Crippen LogP contribution in [0.15, 0.2) is 48.9 Å². The van der Waals surface area contributed by atoms with Crippen molar-refractivity contribution >= 4 is 17.0 Å². The molecule has 1 aromatic carbocycles. The van der Waals surface area contributed by atoms with Crippen LogP contribution in [-0.4, -0.2) is 21.1 Å². The molecule has 0 fully saturated rings. The molecule has 0 saturated carbocycles. The van der Waals surface area contributed by atoms with Gasteiger partial charge >= 0.3 is 0 Å². The van der Waals surface area contributed by atoms with Crippen LogP contribution in [0.25, 0.3) is 5.52 Å². The zero-order valence-electron chi connectivity index (χ0n) is 11.4. The molecule has 2 N–H and O–H groups in total. The fraction of sp³-hybridized carbons (Fsp3) is 0.200. The van der Waals surface area contributed by atoms with Crippen molar-refractivity contribution in [2.24, 2.45) is 0 Å². The van der Waals surface area contributed by atoms with E-state index in [-0.39, 0.29) is 0 Å². The van der Waals surface area contributed by atoms with Gasteiger partial charge in [0.15, 0.2) is 5.82 Å². The van der Waals surface area contributed by atoms with Gasteiger partial charge in [0, 0.05) is 31.2 Å². The number of nitrogens with zero attached hydrogens (tertiary/aromatic N) is 4. The van der Waals surface area contributed by atoms with Crippen LogP contribution in [0.2, 0.25) is 0 Å². The Labute approximate surface area is 117 Å². The summed E-state index contributed by atoms with van der Waals surface area (Å²) in [4.78, 5) is 6.70. The molecule has 0 atom stereocenters. The Bertz CT molecular complexity index is 719. The monoisotopic (exact) mass is 267 g/mol. The van der Waals surface area contributed by atoms with E-state index in [1.807, 2.05) is 35.0 Å². The molecule has 0 saturated heterocycles. The first-order valence-corrected chi connectivity index (χ1v) is 6.66. The molecule has 0 amide bonds. The van der Waals surface area contributed by atoms with Crippen LogP contribution < -0.4 is 10.6 Å². The van der Waals surface area contributed by atoms with Gasteiger partial charge in [-0.3, -0.25) is 0 Å². The summed E-state index contributed by atoms with van der Waals surface area (Å²) in [6, 6.07) is 9.90. The number of nitrogens with two attached hydrogens (primary N) is 1. The summed E-state index contributed by atoms with van der Waals surface area (Å²) in [6.45, 7) is 3.70. The van der Waals surface area contributed by atoms with Crippen molar-refractivity contribution in [1.82, 2.24) is 14.6 Å². The smallest absolute Gasteiger partial charge is 0.154 e. The number of nitrogen functional groups attached to an aromatic ring is 1. The minimum atomic E-state index is 0.737. The second-order valence-electron chi connectivity index (χ2n) is 4.62. The predicted octanol–water partition coefficient (Wildman–Crippen LogP) is 2.34. The Balaban J connectivity index is 1.98. The molecular weight excluding hydrogens is 250 g/mol. The molecule has 0 aliphatic rings. The van der Waals surface area contributed by atoms with Gasteiger partial charge in [0.2, 0.25) is 0 Å². The van der Waals surface area contributed by atoms with E-state index >= 15 is 0 Å². The average Bonchev–Trinajstić information content (AvgIpc) is 2.95. The normalized spacial score (nSPS) is 10.8. The van der Waals surface area contributed by atoms with Gasteiger partial charge < -0.3 is 10.6 Å². The molecule has 102 valence electrons. The van der Waals surface area contributed by atoms with Crippen molar-refractivity contribution in [1.29, 1.82) is 0 Å². The van der Waals surface area contributed by atoms with Crippen LogP contribution in [0.4, 0.5) is 11.5 Å². The largest absolute Gasteiger partial charge is 0.398 e. The number of hydrogen-bond donors (Lipinski definition) is 1. The SMILES string of the molecule is CCN(Cc1ccccc1N)c1nccn2nccc12. The van der Waals surface area contributed by atoms with Gasteiger partial charge in [-0.15, -0.1) is 0 Å². The van der Waals surface area contributed by atoms with Gasteiger partial charge in [-0.1, -0.05) is 18.2 Å². The second kappa shape index (κ2) is 5.21. The van der Waals surface area contributed by atoms with Crippen molar-refractivity contribution < 1.29 is 0 Å². The highest BCUT2D eigenvalue weighted by atomic mass is 15.3. The van der Waals surface area contributed by atoms with Crippen molar-refractivity contribution in [3.63, 3.8) is 0 Å². The van der Waals surface area contributed by atoms with E-state index in [0.29, 0.717) is 0 Å². The topological polar surface area (TPSA) is 59.5 Å². The minimum Gasteiger partial charge on any atom is -0.398 e. The summed E-state index contributed by atoms with van der Waals surface area (Å²) in [5.41, 5.74) is 8.95. The standard InChI is InChI=1S/C15H17N5/c1-2-19(11-12-5-3-4-6-13(12)16)15-14-7-8-18-20(14)10-9-17-15/h3-10H,2,11,16H2,1H3. The van der Waals surface area contributed by atoms with Gasteiger partial charge in [-0.25, -0.2) is 9.50 Å². The number of rotatable bonds is 4. The Kier molecular flexibility index (Phi) is 3.25. The van der Waals surface area contributed by atoms with Crippen LogP contribution in [0.1, 0.15) is 12.5 Å². The zero-order valence-corrected chi connectivity index (χ0v) is 11.4. The quantitative estimate of drug-likeness (QED) is 0.737. The molecule has 0 bridgehead atoms. The summed E-state index contributed by atoms with van der Waals surface area (Å²) >= 11 is 0. The Morgan fingerprint density at radius 3 is 2.85 bits per heavy atom. The highest BCUT2D eigenvalue weighted by Gasteiger charge is 2.12. The lowest BCUT2D eigenvalue weighted by atomic mass is 10.1. The number of benzene rings is 1. The molecule has 3 rings (SSSR count). The Morgan fingerprint density at radius 2 is 2.05 bits per heavy atom. The molecule has 0 aliphatic heterocycles. The first-order valence-electron chi connectivity index (χ1n) is 6.66. The number of fused-ring (bicyclic) bond motifs is 1. The molecule has 2 aromatic heterocycles.